The van der Waals surface area contributed by atoms with Gasteiger partial charge in [-0.2, -0.15) is 5.10 Å². The molecular weight excluding hydrogens is 492 g/mol. The third-order valence-electron chi connectivity index (χ3n) is 7.25. The molecule has 39 heavy (non-hydrogen) atoms. The quantitative estimate of drug-likeness (QED) is 0.284. The van der Waals surface area contributed by atoms with E-state index in [0.717, 1.165) is 66.5 Å². The summed E-state index contributed by atoms with van der Waals surface area (Å²) in [6.45, 7) is 9.67. The average Bonchev–Trinajstić information content (AvgIpc) is 3.58. The van der Waals surface area contributed by atoms with Gasteiger partial charge in [0.1, 0.15) is 23.7 Å². The molecule has 1 unspecified atom stereocenters. The van der Waals surface area contributed by atoms with Crippen molar-refractivity contribution < 1.29 is 9.53 Å². The number of aromatic nitrogens is 5. The van der Waals surface area contributed by atoms with Crippen LogP contribution in [-0.4, -0.2) is 74.7 Å². The van der Waals surface area contributed by atoms with E-state index in [2.05, 4.69) is 42.6 Å². The number of rotatable bonds is 8. The summed E-state index contributed by atoms with van der Waals surface area (Å²) in [6.07, 6.45) is 3.41. The highest BCUT2D eigenvalue weighted by molar-refractivity contribution is 6.08. The van der Waals surface area contributed by atoms with Crippen LogP contribution in [-0.2, 0) is 0 Å². The number of H-pyrrole nitrogens is 1. The second-order valence-electron chi connectivity index (χ2n) is 9.89. The summed E-state index contributed by atoms with van der Waals surface area (Å²) in [5, 5.41) is 15.0. The van der Waals surface area contributed by atoms with Gasteiger partial charge in [-0.05, 0) is 37.3 Å². The molecule has 0 aliphatic carbocycles. The van der Waals surface area contributed by atoms with Crippen LogP contribution >= 0.6 is 0 Å². The third kappa shape index (κ3) is 5.21. The van der Waals surface area contributed by atoms with Crippen LogP contribution in [0.4, 0.5) is 5.69 Å². The molecule has 5 heterocycles. The Labute approximate surface area is 226 Å². The van der Waals surface area contributed by atoms with Crippen molar-refractivity contribution in [3.63, 3.8) is 0 Å². The molecule has 5 aromatic rings. The molecule has 0 spiro atoms. The summed E-state index contributed by atoms with van der Waals surface area (Å²) < 4.78 is 7.74. The summed E-state index contributed by atoms with van der Waals surface area (Å²) in [4.78, 5) is 25.0. The zero-order valence-electron chi connectivity index (χ0n) is 22.1. The van der Waals surface area contributed by atoms with Crippen LogP contribution in [0, 0.1) is 6.92 Å². The predicted molar refractivity (Wildman–Crippen MR) is 151 cm³/mol. The molecule has 10 heteroatoms. The minimum absolute atomic E-state index is 0.0336. The summed E-state index contributed by atoms with van der Waals surface area (Å²) in [7, 11) is 0. The number of fused-ring (bicyclic) bond motifs is 2. The summed E-state index contributed by atoms with van der Waals surface area (Å²) in [6, 6.07) is 15.4. The first kappa shape index (κ1) is 25.0. The lowest BCUT2D eigenvalue weighted by Gasteiger charge is -2.26. The lowest BCUT2D eigenvalue weighted by Crippen LogP contribution is -2.44. The third-order valence-corrected chi connectivity index (χ3v) is 7.25. The number of pyridine rings is 2. The van der Waals surface area contributed by atoms with Gasteiger partial charge in [-0.1, -0.05) is 19.1 Å². The van der Waals surface area contributed by atoms with Gasteiger partial charge in [0.05, 0.1) is 23.1 Å². The molecule has 0 bridgehead atoms. The van der Waals surface area contributed by atoms with Crippen molar-refractivity contribution in [2.75, 3.05) is 44.6 Å². The number of hydrogen-bond donors (Lipinski definition) is 3. The maximum Gasteiger partial charge on any atom is 0.274 e. The molecular formula is C29H32N8O2. The van der Waals surface area contributed by atoms with Gasteiger partial charge in [0.2, 0.25) is 0 Å². The number of carbonyl (C=O) groups is 1. The standard InChI is InChI=1S/C29H32N8O2/c1-19-5-3-6-22(32-19)20(2)28-27-23(7-4-8-24(27)34-35-28)33-29(38)25-18-31-26-17-21(9-12-37(25)26)39-16-15-36-13-10-30-11-14-36/h3-9,12,17-18,20,30H,10-11,13-16H2,1-2H3,(H,33,38)(H,34,35). The van der Waals surface area contributed by atoms with Gasteiger partial charge in [-0.3, -0.25) is 24.2 Å². The second-order valence-corrected chi connectivity index (χ2v) is 9.89. The minimum Gasteiger partial charge on any atom is -0.492 e. The zero-order chi connectivity index (χ0) is 26.8. The number of hydrogen-bond acceptors (Lipinski definition) is 7. The van der Waals surface area contributed by atoms with Gasteiger partial charge in [-0.15, -0.1) is 0 Å². The number of benzene rings is 1. The number of aryl methyl sites for hydroxylation is 1. The summed E-state index contributed by atoms with van der Waals surface area (Å²) in [5.41, 5.74) is 5.35. The van der Waals surface area contributed by atoms with E-state index in [1.54, 1.807) is 10.6 Å². The fraction of sp³-hybridized carbons (Fsp3) is 0.310. The van der Waals surface area contributed by atoms with Crippen LogP contribution in [0.2, 0.25) is 0 Å². The van der Waals surface area contributed by atoms with Gasteiger partial charge >= 0.3 is 0 Å². The molecule has 1 aliphatic rings. The Balaban J connectivity index is 1.20. The van der Waals surface area contributed by atoms with E-state index in [1.807, 2.05) is 61.7 Å². The SMILES string of the molecule is Cc1cccc(C(C)c2[nH]nc3cccc(NC(=O)c4cnc5cc(OCCN6CCNCC6)ccn45)c23)n1. The van der Waals surface area contributed by atoms with E-state index in [-0.39, 0.29) is 11.8 Å². The highest BCUT2D eigenvalue weighted by Crippen LogP contribution is 2.33. The zero-order valence-corrected chi connectivity index (χ0v) is 22.1. The molecule has 0 radical (unpaired) electrons. The lowest BCUT2D eigenvalue weighted by molar-refractivity contribution is 0.102. The van der Waals surface area contributed by atoms with Gasteiger partial charge in [-0.25, -0.2) is 4.98 Å². The molecule has 3 N–H and O–H groups in total. The highest BCUT2D eigenvalue weighted by atomic mass is 16.5. The van der Waals surface area contributed by atoms with Crippen LogP contribution in [0.1, 0.15) is 40.4 Å². The number of carbonyl (C=O) groups excluding carboxylic acids is 1. The Bertz CT molecular complexity index is 1620. The van der Waals surface area contributed by atoms with E-state index in [1.165, 1.54) is 0 Å². The van der Waals surface area contributed by atoms with Gasteiger partial charge in [0.15, 0.2) is 0 Å². The van der Waals surface area contributed by atoms with E-state index in [0.29, 0.717) is 23.6 Å². The molecule has 1 fully saturated rings. The first-order valence-electron chi connectivity index (χ1n) is 13.3. The van der Waals surface area contributed by atoms with Crippen molar-refractivity contribution >= 4 is 28.1 Å². The van der Waals surface area contributed by atoms with Crippen LogP contribution in [0.5, 0.6) is 5.75 Å². The first-order chi connectivity index (χ1) is 19.1. The lowest BCUT2D eigenvalue weighted by atomic mass is 9.98. The Hall–Kier alpha value is -4.28. The van der Waals surface area contributed by atoms with E-state index in [4.69, 9.17) is 4.74 Å². The van der Waals surface area contributed by atoms with Crippen LogP contribution < -0.4 is 15.4 Å². The molecule has 200 valence electrons. The monoisotopic (exact) mass is 524 g/mol. The number of ether oxygens (including phenoxy) is 1. The van der Waals surface area contributed by atoms with Crippen molar-refractivity contribution in [1.82, 2.24) is 34.8 Å². The first-order valence-corrected chi connectivity index (χ1v) is 13.3. The van der Waals surface area contributed by atoms with Gasteiger partial charge in [0.25, 0.3) is 5.91 Å². The van der Waals surface area contributed by atoms with Gasteiger partial charge in [0, 0.05) is 67.7 Å². The fourth-order valence-corrected chi connectivity index (χ4v) is 5.10. The Kier molecular flexibility index (Phi) is 6.95. The number of aromatic amines is 1. The molecule has 4 aromatic heterocycles. The summed E-state index contributed by atoms with van der Waals surface area (Å²) in [5.74, 6) is 0.450. The molecule has 1 amide bonds. The molecule has 1 saturated heterocycles. The maximum absolute atomic E-state index is 13.4. The number of nitrogens with zero attached hydrogens (tertiary/aromatic N) is 5. The maximum atomic E-state index is 13.4. The van der Waals surface area contributed by atoms with Crippen LogP contribution in [0.25, 0.3) is 16.6 Å². The number of piperazine rings is 1. The Morgan fingerprint density at radius 1 is 1.15 bits per heavy atom. The van der Waals surface area contributed by atoms with Gasteiger partial charge < -0.3 is 15.4 Å². The molecule has 6 rings (SSSR count). The van der Waals surface area contributed by atoms with Crippen molar-refractivity contribution in [2.45, 2.75) is 19.8 Å². The largest absolute Gasteiger partial charge is 0.492 e. The Morgan fingerprint density at radius 3 is 2.85 bits per heavy atom. The molecule has 1 aromatic carbocycles. The highest BCUT2D eigenvalue weighted by Gasteiger charge is 2.21. The van der Waals surface area contributed by atoms with Crippen LogP contribution in [0.15, 0.2) is 60.9 Å². The normalized spacial score (nSPS) is 15.0. The molecule has 0 saturated carbocycles. The van der Waals surface area contributed by atoms with E-state index < -0.39 is 0 Å². The number of anilines is 1. The number of imidazole rings is 1. The van der Waals surface area contributed by atoms with Crippen LogP contribution in [0.3, 0.4) is 0 Å². The van der Waals surface area contributed by atoms with Crippen molar-refractivity contribution in [1.29, 1.82) is 0 Å². The minimum atomic E-state index is -0.254. The predicted octanol–water partition coefficient (Wildman–Crippen LogP) is 3.60. The molecule has 10 nitrogen and oxygen atoms in total. The molecule has 1 atom stereocenters. The van der Waals surface area contributed by atoms with Crippen molar-refractivity contribution in [3.8, 4) is 5.75 Å². The topological polar surface area (TPSA) is 112 Å². The van der Waals surface area contributed by atoms with E-state index in [9.17, 15) is 4.79 Å². The smallest absolute Gasteiger partial charge is 0.274 e. The average molecular weight is 525 g/mol. The number of amides is 1. The summed E-state index contributed by atoms with van der Waals surface area (Å²) >= 11 is 0. The Morgan fingerprint density at radius 2 is 2.00 bits per heavy atom. The van der Waals surface area contributed by atoms with Crippen molar-refractivity contribution in [2.24, 2.45) is 0 Å². The fourth-order valence-electron chi connectivity index (χ4n) is 5.10. The number of nitrogens with one attached hydrogen (secondary N) is 3. The molecule has 1 aliphatic heterocycles. The van der Waals surface area contributed by atoms with E-state index >= 15 is 0 Å². The second kappa shape index (κ2) is 10.8. The van der Waals surface area contributed by atoms with Crippen molar-refractivity contribution in [3.05, 3.63) is 83.7 Å².